The Balaban J connectivity index is 2.20. The number of nitrogens with one attached hydrogen (secondary N) is 1. The van der Waals surface area contributed by atoms with E-state index >= 15 is 0 Å². The monoisotopic (exact) mass is 309 g/mol. The molecular weight excluding hydrogens is 294 g/mol. The predicted molar refractivity (Wildman–Crippen MR) is 75.5 cm³/mol. The zero-order valence-corrected chi connectivity index (χ0v) is 11.9. The van der Waals surface area contributed by atoms with Crippen molar-refractivity contribution >= 4 is 21.6 Å². The molecule has 1 fully saturated rings. The molecule has 0 aliphatic heterocycles. The summed E-state index contributed by atoms with van der Waals surface area (Å²) in [5.41, 5.74) is 0.565. The van der Waals surface area contributed by atoms with E-state index in [1.54, 1.807) is 6.20 Å². The largest absolute Gasteiger partial charge is 0.369 e. The van der Waals surface area contributed by atoms with Gasteiger partial charge in [0.2, 0.25) is 0 Å². The summed E-state index contributed by atoms with van der Waals surface area (Å²) in [7, 11) is 0. The normalized spacial score (nSPS) is 16.1. The Kier molecular flexibility index (Phi) is 4.07. The van der Waals surface area contributed by atoms with Crippen molar-refractivity contribution in [2.24, 2.45) is 5.92 Å². The van der Waals surface area contributed by atoms with Crippen LogP contribution in [0.25, 0.3) is 0 Å². The van der Waals surface area contributed by atoms with Gasteiger partial charge in [0.05, 0.1) is 17.9 Å². The summed E-state index contributed by atoms with van der Waals surface area (Å²) in [6, 6.07) is -0.0817. The van der Waals surface area contributed by atoms with Gasteiger partial charge in [-0.05, 0) is 41.1 Å². The highest BCUT2D eigenvalue weighted by atomic mass is 79.9. The second-order valence-electron chi connectivity index (χ2n) is 4.57. The molecule has 0 bridgehead atoms. The zero-order chi connectivity index (χ0) is 13.1. The van der Waals surface area contributed by atoms with Crippen LogP contribution in [0.5, 0.6) is 0 Å². The Morgan fingerprint density at radius 2 is 2.44 bits per heavy atom. The molecule has 1 aliphatic rings. The first-order valence-electron chi connectivity index (χ1n) is 6.14. The molecule has 1 unspecified atom stereocenters. The average molecular weight is 310 g/mol. The molecule has 1 aliphatic carbocycles. The molecule has 5 heteroatoms. The molecule has 1 atom stereocenters. The van der Waals surface area contributed by atoms with Crippen LogP contribution in [-0.4, -0.2) is 15.8 Å². The van der Waals surface area contributed by atoms with Crippen LogP contribution >= 0.6 is 15.9 Å². The average Bonchev–Trinajstić information content (AvgIpc) is 3.18. The van der Waals surface area contributed by atoms with Crippen LogP contribution < -0.4 is 10.9 Å². The van der Waals surface area contributed by atoms with Crippen LogP contribution in [0.1, 0.15) is 26.2 Å². The molecule has 0 radical (unpaired) electrons. The number of nitrogens with zero attached hydrogens (tertiary/aromatic N) is 2. The number of halogens is 1. The molecular formula is C13H16BrN3O. The molecule has 1 aromatic rings. The Morgan fingerprint density at radius 1 is 1.72 bits per heavy atom. The van der Waals surface area contributed by atoms with E-state index in [9.17, 15) is 4.79 Å². The van der Waals surface area contributed by atoms with Gasteiger partial charge in [0, 0.05) is 6.54 Å². The quantitative estimate of drug-likeness (QED) is 0.849. The number of terminal acetylenes is 1. The molecule has 18 heavy (non-hydrogen) atoms. The number of hydrogen-bond acceptors (Lipinski definition) is 3. The highest BCUT2D eigenvalue weighted by Gasteiger charge is 2.23. The van der Waals surface area contributed by atoms with E-state index in [0.717, 1.165) is 6.42 Å². The first-order chi connectivity index (χ1) is 8.65. The van der Waals surface area contributed by atoms with Gasteiger partial charge in [-0.25, -0.2) is 4.68 Å². The van der Waals surface area contributed by atoms with Gasteiger partial charge < -0.3 is 5.32 Å². The smallest absolute Gasteiger partial charge is 0.283 e. The van der Waals surface area contributed by atoms with Crippen molar-refractivity contribution in [2.45, 2.75) is 38.8 Å². The lowest BCUT2D eigenvalue weighted by molar-refractivity contribution is 0.531. The minimum atomic E-state index is -0.0984. The Labute approximate surface area is 115 Å². The summed E-state index contributed by atoms with van der Waals surface area (Å²) in [5, 5.41) is 7.31. The fourth-order valence-corrected chi connectivity index (χ4v) is 2.11. The first kappa shape index (κ1) is 13.2. The maximum absolute atomic E-state index is 12.1. The van der Waals surface area contributed by atoms with Crippen LogP contribution in [0.3, 0.4) is 0 Å². The lowest BCUT2D eigenvalue weighted by Gasteiger charge is -2.14. The second-order valence-corrected chi connectivity index (χ2v) is 5.37. The Morgan fingerprint density at radius 3 is 3.00 bits per heavy atom. The van der Waals surface area contributed by atoms with Crippen molar-refractivity contribution < 1.29 is 0 Å². The molecule has 0 saturated heterocycles. The lowest BCUT2D eigenvalue weighted by Crippen LogP contribution is -2.27. The van der Waals surface area contributed by atoms with E-state index < -0.39 is 0 Å². The third kappa shape index (κ3) is 2.94. The van der Waals surface area contributed by atoms with Gasteiger partial charge in [-0.15, -0.1) is 6.42 Å². The van der Waals surface area contributed by atoms with Crippen LogP contribution in [0.15, 0.2) is 15.5 Å². The molecule has 1 aromatic heterocycles. The number of hydrogen-bond donors (Lipinski definition) is 1. The van der Waals surface area contributed by atoms with Gasteiger partial charge >= 0.3 is 0 Å². The molecule has 0 amide bonds. The van der Waals surface area contributed by atoms with Crippen molar-refractivity contribution in [3.05, 3.63) is 21.0 Å². The molecule has 0 spiro atoms. The van der Waals surface area contributed by atoms with Crippen LogP contribution in [-0.2, 0) is 6.54 Å². The van der Waals surface area contributed by atoms with Gasteiger partial charge in [-0.3, -0.25) is 4.79 Å². The Bertz CT molecular complexity index is 528. The fraction of sp³-hybridized carbons (Fsp3) is 0.538. The molecule has 1 saturated carbocycles. The number of anilines is 1. The number of rotatable bonds is 5. The van der Waals surface area contributed by atoms with Gasteiger partial charge in [0.1, 0.15) is 4.47 Å². The van der Waals surface area contributed by atoms with Crippen molar-refractivity contribution in [1.29, 1.82) is 0 Å². The van der Waals surface area contributed by atoms with Crippen molar-refractivity contribution in [2.75, 3.05) is 5.32 Å². The summed E-state index contributed by atoms with van der Waals surface area (Å²) in [4.78, 5) is 12.1. The maximum atomic E-state index is 12.1. The van der Waals surface area contributed by atoms with Crippen LogP contribution in [0.4, 0.5) is 5.69 Å². The summed E-state index contributed by atoms with van der Waals surface area (Å²) in [6.07, 6.45) is 10.2. The van der Waals surface area contributed by atoms with E-state index in [4.69, 9.17) is 6.42 Å². The van der Waals surface area contributed by atoms with Crippen LogP contribution in [0, 0.1) is 18.3 Å². The second kappa shape index (κ2) is 5.57. The number of aromatic nitrogens is 2. The summed E-state index contributed by atoms with van der Waals surface area (Å²) in [6.45, 7) is 2.71. The van der Waals surface area contributed by atoms with Crippen LogP contribution in [0.2, 0.25) is 0 Å². The maximum Gasteiger partial charge on any atom is 0.283 e. The third-order valence-corrected chi connectivity index (χ3v) is 3.82. The Hall–Kier alpha value is -1.28. The lowest BCUT2D eigenvalue weighted by atomic mass is 10.2. The highest BCUT2D eigenvalue weighted by molar-refractivity contribution is 9.10. The van der Waals surface area contributed by atoms with Gasteiger partial charge in [-0.2, -0.15) is 5.10 Å². The third-order valence-electron chi connectivity index (χ3n) is 3.05. The summed E-state index contributed by atoms with van der Waals surface area (Å²) < 4.78 is 2.02. The van der Waals surface area contributed by atoms with Gasteiger partial charge in [0.15, 0.2) is 0 Å². The first-order valence-corrected chi connectivity index (χ1v) is 6.93. The van der Waals surface area contributed by atoms with Crippen molar-refractivity contribution in [3.63, 3.8) is 0 Å². The van der Waals surface area contributed by atoms with Gasteiger partial charge in [0.25, 0.3) is 5.56 Å². The minimum Gasteiger partial charge on any atom is -0.369 e. The topological polar surface area (TPSA) is 46.9 Å². The minimum absolute atomic E-state index is 0.0817. The molecule has 96 valence electrons. The highest BCUT2D eigenvalue weighted by Crippen LogP contribution is 2.30. The van der Waals surface area contributed by atoms with E-state index in [1.807, 2.05) is 6.92 Å². The molecule has 0 aromatic carbocycles. The van der Waals surface area contributed by atoms with E-state index in [-0.39, 0.29) is 11.6 Å². The molecule has 4 nitrogen and oxygen atoms in total. The standard InChI is InChI=1S/C13H16BrN3O/c1-3-10(4-2)16-11-7-15-17(8-9-5-6-9)13(18)12(11)14/h1,7,9-10,16H,4-6,8H2,2H3. The molecule has 1 heterocycles. The molecule has 2 rings (SSSR count). The summed E-state index contributed by atoms with van der Waals surface area (Å²) in [5.74, 6) is 3.26. The summed E-state index contributed by atoms with van der Waals surface area (Å²) >= 11 is 3.32. The SMILES string of the molecule is C#CC(CC)Nc1cnn(CC2CC2)c(=O)c1Br. The predicted octanol–water partition coefficient (Wildman–Crippen LogP) is 2.24. The van der Waals surface area contributed by atoms with Crippen molar-refractivity contribution in [3.8, 4) is 12.3 Å². The van der Waals surface area contributed by atoms with Crippen molar-refractivity contribution in [1.82, 2.24) is 9.78 Å². The van der Waals surface area contributed by atoms with E-state index in [0.29, 0.717) is 22.6 Å². The van der Waals surface area contributed by atoms with E-state index in [1.165, 1.54) is 17.5 Å². The van der Waals surface area contributed by atoms with E-state index in [2.05, 4.69) is 32.3 Å². The van der Waals surface area contributed by atoms with Gasteiger partial charge in [-0.1, -0.05) is 12.8 Å². The fourth-order valence-electron chi connectivity index (χ4n) is 1.69. The molecule has 1 N–H and O–H groups in total. The zero-order valence-electron chi connectivity index (χ0n) is 10.3.